The van der Waals surface area contributed by atoms with Gasteiger partial charge in [-0.15, -0.1) is 0 Å². The number of pyridine rings is 2. The summed E-state index contributed by atoms with van der Waals surface area (Å²) in [6, 6.07) is 5.77. The molecule has 0 radical (unpaired) electrons. The molecule has 2 aromatic heterocycles. The lowest BCUT2D eigenvalue weighted by Gasteiger charge is -2.32. The Kier molecular flexibility index (Phi) is 5.87. The zero-order valence-electron chi connectivity index (χ0n) is 15.4. The highest BCUT2D eigenvalue weighted by Crippen LogP contribution is 2.26. The summed E-state index contributed by atoms with van der Waals surface area (Å²) >= 11 is 0. The Hall–Kier alpha value is -2.14. The van der Waals surface area contributed by atoms with E-state index in [1.54, 1.807) is 13.3 Å². The molecule has 1 saturated heterocycles. The summed E-state index contributed by atoms with van der Waals surface area (Å²) < 4.78 is 11.4. The number of aromatic nitrogens is 2. The molecule has 5 heteroatoms. The van der Waals surface area contributed by atoms with E-state index >= 15 is 0 Å². The van der Waals surface area contributed by atoms with Crippen LogP contribution in [0.4, 0.5) is 0 Å². The first-order chi connectivity index (χ1) is 12.2. The van der Waals surface area contributed by atoms with Crippen molar-refractivity contribution in [2.75, 3.05) is 26.8 Å². The molecule has 1 aliphatic heterocycles. The molecule has 1 fully saturated rings. The minimum absolute atomic E-state index is 0.531. The van der Waals surface area contributed by atoms with Crippen LogP contribution >= 0.6 is 0 Å². The summed E-state index contributed by atoms with van der Waals surface area (Å²) in [6.07, 6.45) is 6.07. The molecule has 0 amide bonds. The summed E-state index contributed by atoms with van der Waals surface area (Å²) in [4.78, 5) is 11.3. The minimum atomic E-state index is 0.531. The maximum Gasteiger partial charge on any atom is 0.213 e. The summed E-state index contributed by atoms with van der Waals surface area (Å²) in [6.45, 7) is 7.86. The van der Waals surface area contributed by atoms with Crippen LogP contribution in [0.3, 0.4) is 0 Å². The van der Waals surface area contributed by atoms with Gasteiger partial charge in [0.25, 0.3) is 0 Å². The van der Waals surface area contributed by atoms with Crippen molar-refractivity contribution in [1.82, 2.24) is 14.9 Å². The molecule has 0 aromatic carbocycles. The monoisotopic (exact) mass is 341 g/mol. The standard InChI is InChI=1S/C20H27N3O2/c1-15-11-22-18(16(2)20(15)24-3)13-23-10-6-7-17(12-23)14-25-19-8-4-5-9-21-19/h4-5,8-9,11,17H,6-7,10,12-14H2,1-3H3. The number of ether oxygens (including phenoxy) is 2. The normalized spacial score (nSPS) is 18.1. The summed E-state index contributed by atoms with van der Waals surface area (Å²) in [5.41, 5.74) is 3.34. The van der Waals surface area contributed by atoms with Gasteiger partial charge in [-0.05, 0) is 39.3 Å². The third kappa shape index (κ3) is 4.48. The van der Waals surface area contributed by atoms with Crippen molar-refractivity contribution in [3.63, 3.8) is 0 Å². The summed E-state index contributed by atoms with van der Waals surface area (Å²) in [5.74, 6) is 2.20. The molecule has 0 saturated carbocycles. The van der Waals surface area contributed by atoms with Crippen LogP contribution in [0, 0.1) is 19.8 Å². The Labute approximate surface area is 150 Å². The number of aryl methyl sites for hydroxylation is 1. The molecular formula is C20H27N3O2. The van der Waals surface area contributed by atoms with E-state index in [4.69, 9.17) is 9.47 Å². The number of hydrogen-bond acceptors (Lipinski definition) is 5. The zero-order valence-corrected chi connectivity index (χ0v) is 15.4. The lowest BCUT2D eigenvalue weighted by atomic mass is 9.98. The van der Waals surface area contributed by atoms with E-state index < -0.39 is 0 Å². The third-order valence-electron chi connectivity index (χ3n) is 4.83. The number of piperidine rings is 1. The van der Waals surface area contributed by atoms with Crippen LogP contribution in [0.2, 0.25) is 0 Å². The van der Waals surface area contributed by atoms with Gasteiger partial charge in [-0.2, -0.15) is 0 Å². The molecule has 0 spiro atoms. The Bertz CT molecular complexity index is 691. The topological polar surface area (TPSA) is 47.5 Å². The molecule has 134 valence electrons. The highest BCUT2D eigenvalue weighted by atomic mass is 16.5. The third-order valence-corrected chi connectivity index (χ3v) is 4.83. The average Bonchev–Trinajstić information content (AvgIpc) is 2.64. The smallest absolute Gasteiger partial charge is 0.213 e. The molecule has 3 rings (SSSR count). The van der Waals surface area contributed by atoms with Gasteiger partial charge in [0, 0.05) is 48.6 Å². The van der Waals surface area contributed by atoms with Gasteiger partial charge >= 0.3 is 0 Å². The van der Waals surface area contributed by atoms with Gasteiger partial charge < -0.3 is 9.47 Å². The number of hydrogen-bond donors (Lipinski definition) is 0. The Balaban J connectivity index is 1.58. The predicted molar refractivity (Wildman–Crippen MR) is 98.0 cm³/mol. The van der Waals surface area contributed by atoms with Gasteiger partial charge in [0.15, 0.2) is 0 Å². The second kappa shape index (κ2) is 8.30. The highest BCUT2D eigenvalue weighted by molar-refractivity contribution is 5.41. The summed E-state index contributed by atoms with van der Waals surface area (Å²) in [7, 11) is 1.73. The lowest BCUT2D eigenvalue weighted by Crippen LogP contribution is -2.37. The molecule has 1 unspecified atom stereocenters. The van der Waals surface area contributed by atoms with Crippen LogP contribution in [0.15, 0.2) is 30.6 Å². The lowest BCUT2D eigenvalue weighted by molar-refractivity contribution is 0.122. The minimum Gasteiger partial charge on any atom is -0.496 e. The van der Waals surface area contributed by atoms with Gasteiger partial charge in [0.1, 0.15) is 5.75 Å². The zero-order chi connectivity index (χ0) is 17.6. The van der Waals surface area contributed by atoms with Crippen molar-refractivity contribution in [1.29, 1.82) is 0 Å². The fourth-order valence-corrected chi connectivity index (χ4v) is 3.51. The van der Waals surface area contributed by atoms with Crippen LogP contribution in [0.5, 0.6) is 11.6 Å². The molecule has 3 heterocycles. The van der Waals surface area contributed by atoms with Crippen LogP contribution in [-0.4, -0.2) is 41.7 Å². The maximum atomic E-state index is 5.85. The second-order valence-electron chi connectivity index (χ2n) is 6.77. The van der Waals surface area contributed by atoms with E-state index in [9.17, 15) is 0 Å². The number of rotatable bonds is 6. The SMILES string of the molecule is COc1c(C)cnc(CN2CCCC(COc3ccccn3)C2)c1C. The first-order valence-electron chi connectivity index (χ1n) is 8.92. The van der Waals surface area contributed by atoms with Gasteiger partial charge in [-0.25, -0.2) is 4.98 Å². The molecule has 1 aliphatic rings. The molecule has 25 heavy (non-hydrogen) atoms. The second-order valence-corrected chi connectivity index (χ2v) is 6.77. The molecule has 0 aliphatic carbocycles. The van der Waals surface area contributed by atoms with Crippen LogP contribution in [0.1, 0.15) is 29.7 Å². The van der Waals surface area contributed by atoms with Crippen molar-refractivity contribution < 1.29 is 9.47 Å². The fourth-order valence-electron chi connectivity index (χ4n) is 3.51. The number of nitrogens with zero attached hydrogens (tertiary/aromatic N) is 3. The molecule has 1 atom stereocenters. The fraction of sp³-hybridized carbons (Fsp3) is 0.500. The van der Waals surface area contributed by atoms with E-state index in [-0.39, 0.29) is 0 Å². The van der Waals surface area contributed by atoms with Gasteiger partial charge in [-0.1, -0.05) is 6.07 Å². The van der Waals surface area contributed by atoms with Crippen molar-refractivity contribution in [2.45, 2.75) is 33.2 Å². The highest BCUT2D eigenvalue weighted by Gasteiger charge is 2.22. The van der Waals surface area contributed by atoms with E-state index in [1.165, 1.54) is 12.8 Å². The molecular weight excluding hydrogens is 314 g/mol. The maximum absolute atomic E-state index is 5.85. The summed E-state index contributed by atoms with van der Waals surface area (Å²) in [5, 5.41) is 0. The van der Waals surface area contributed by atoms with Crippen LogP contribution in [0.25, 0.3) is 0 Å². The van der Waals surface area contributed by atoms with Gasteiger partial charge in [0.2, 0.25) is 5.88 Å². The quantitative estimate of drug-likeness (QED) is 0.806. The predicted octanol–water partition coefficient (Wildman–Crippen LogP) is 3.39. The first-order valence-corrected chi connectivity index (χ1v) is 8.92. The van der Waals surface area contributed by atoms with Gasteiger partial charge in [0.05, 0.1) is 19.4 Å². The van der Waals surface area contributed by atoms with Crippen molar-refractivity contribution in [2.24, 2.45) is 5.92 Å². The first kappa shape index (κ1) is 17.7. The van der Waals surface area contributed by atoms with E-state index in [0.29, 0.717) is 11.8 Å². The number of methoxy groups -OCH3 is 1. The van der Waals surface area contributed by atoms with Crippen molar-refractivity contribution in [3.8, 4) is 11.6 Å². The molecule has 5 nitrogen and oxygen atoms in total. The Morgan fingerprint density at radius 3 is 2.88 bits per heavy atom. The largest absolute Gasteiger partial charge is 0.496 e. The van der Waals surface area contributed by atoms with E-state index in [1.807, 2.05) is 31.3 Å². The molecule has 2 aromatic rings. The Morgan fingerprint density at radius 1 is 1.24 bits per heavy atom. The van der Waals surface area contributed by atoms with Crippen LogP contribution < -0.4 is 9.47 Å². The van der Waals surface area contributed by atoms with Crippen LogP contribution in [-0.2, 0) is 6.54 Å². The van der Waals surface area contributed by atoms with Gasteiger partial charge in [-0.3, -0.25) is 9.88 Å². The average molecular weight is 341 g/mol. The number of likely N-dealkylation sites (tertiary alicyclic amines) is 1. The van der Waals surface area contributed by atoms with Crippen molar-refractivity contribution >= 4 is 0 Å². The molecule has 0 bridgehead atoms. The van der Waals surface area contributed by atoms with E-state index in [2.05, 4.69) is 21.8 Å². The molecule has 0 N–H and O–H groups in total. The van der Waals surface area contributed by atoms with Crippen molar-refractivity contribution in [3.05, 3.63) is 47.4 Å². The van der Waals surface area contributed by atoms with E-state index in [0.717, 1.165) is 48.8 Å². The Morgan fingerprint density at radius 2 is 2.12 bits per heavy atom.